The van der Waals surface area contributed by atoms with Crippen molar-refractivity contribution >= 4 is 40.9 Å². The highest BCUT2D eigenvalue weighted by molar-refractivity contribution is 6.44. The van der Waals surface area contributed by atoms with Crippen LogP contribution in [-0.4, -0.2) is 53.6 Å². The number of nitrogens with one attached hydrogen (secondary N) is 1. The van der Waals surface area contributed by atoms with Crippen molar-refractivity contribution in [3.05, 3.63) is 40.0 Å². The molecule has 28 heavy (non-hydrogen) atoms. The van der Waals surface area contributed by atoms with E-state index in [1.54, 1.807) is 23.1 Å². The minimum absolute atomic E-state index is 0.0678. The Morgan fingerprint density at radius 3 is 2.43 bits per heavy atom. The van der Waals surface area contributed by atoms with Crippen LogP contribution < -0.4 is 5.32 Å². The summed E-state index contributed by atoms with van der Waals surface area (Å²) in [5.74, 6) is -0.582. The summed E-state index contributed by atoms with van der Waals surface area (Å²) in [6.45, 7) is 7.28. The number of ether oxygens (including phenoxy) is 1. The van der Waals surface area contributed by atoms with Crippen molar-refractivity contribution in [3.8, 4) is 6.07 Å². The van der Waals surface area contributed by atoms with Gasteiger partial charge in [0.1, 0.15) is 17.2 Å². The molecular formula is C19H22Cl2N4O3. The number of carbonyl (C=O) groups is 2. The molecular weight excluding hydrogens is 403 g/mol. The topological polar surface area (TPSA) is 85.7 Å². The Bertz CT molecular complexity index is 819. The number of carbonyl (C=O) groups excluding carboxylic acids is 2. The molecule has 150 valence electrons. The fourth-order valence-corrected chi connectivity index (χ4v) is 2.82. The SMILES string of the molecule is CC(C)(C)OC(=O)N1CCN(/C=C(/C#N)C(=O)Nc2cccc(Cl)c2Cl)CC1. The maximum absolute atomic E-state index is 12.4. The first-order valence-electron chi connectivity index (χ1n) is 8.70. The highest BCUT2D eigenvalue weighted by atomic mass is 35.5. The average molecular weight is 425 g/mol. The van der Waals surface area contributed by atoms with Crippen LogP contribution in [0.2, 0.25) is 10.0 Å². The smallest absolute Gasteiger partial charge is 0.410 e. The quantitative estimate of drug-likeness (QED) is 0.587. The van der Waals surface area contributed by atoms with Gasteiger partial charge < -0.3 is 19.9 Å². The van der Waals surface area contributed by atoms with Gasteiger partial charge in [-0.05, 0) is 32.9 Å². The molecule has 1 aliphatic rings. The molecule has 2 rings (SSSR count). The third-order valence-electron chi connectivity index (χ3n) is 3.84. The van der Waals surface area contributed by atoms with Crippen LogP contribution in [-0.2, 0) is 9.53 Å². The predicted octanol–water partition coefficient (Wildman–Crippen LogP) is 3.89. The second kappa shape index (κ2) is 9.18. The summed E-state index contributed by atoms with van der Waals surface area (Å²) in [4.78, 5) is 27.9. The molecule has 2 amide bonds. The summed E-state index contributed by atoms with van der Waals surface area (Å²) in [7, 11) is 0. The molecule has 1 saturated heterocycles. The number of amides is 2. The molecule has 0 unspecified atom stereocenters. The third kappa shape index (κ3) is 6.04. The van der Waals surface area contributed by atoms with Gasteiger partial charge in [-0.1, -0.05) is 29.3 Å². The number of benzene rings is 1. The lowest BCUT2D eigenvalue weighted by Gasteiger charge is -2.35. The molecule has 0 radical (unpaired) electrons. The van der Waals surface area contributed by atoms with Gasteiger partial charge in [-0.15, -0.1) is 0 Å². The molecule has 1 aromatic rings. The Morgan fingerprint density at radius 2 is 1.86 bits per heavy atom. The normalized spacial score (nSPS) is 15.1. The van der Waals surface area contributed by atoms with E-state index in [9.17, 15) is 14.9 Å². The van der Waals surface area contributed by atoms with E-state index in [1.165, 1.54) is 6.20 Å². The highest BCUT2D eigenvalue weighted by Gasteiger charge is 2.25. The van der Waals surface area contributed by atoms with Crippen molar-refractivity contribution in [1.82, 2.24) is 9.80 Å². The maximum Gasteiger partial charge on any atom is 0.410 e. The Balaban J connectivity index is 1.98. The lowest BCUT2D eigenvalue weighted by atomic mass is 10.2. The average Bonchev–Trinajstić information content (AvgIpc) is 2.62. The van der Waals surface area contributed by atoms with Gasteiger partial charge in [0.2, 0.25) is 0 Å². The van der Waals surface area contributed by atoms with Gasteiger partial charge >= 0.3 is 6.09 Å². The van der Waals surface area contributed by atoms with E-state index in [-0.39, 0.29) is 16.7 Å². The van der Waals surface area contributed by atoms with E-state index in [2.05, 4.69) is 5.32 Å². The van der Waals surface area contributed by atoms with Crippen molar-refractivity contribution in [2.24, 2.45) is 0 Å². The van der Waals surface area contributed by atoms with Crippen LogP contribution in [0.1, 0.15) is 20.8 Å². The van der Waals surface area contributed by atoms with Crippen LogP contribution >= 0.6 is 23.2 Å². The van der Waals surface area contributed by atoms with E-state index in [1.807, 2.05) is 31.7 Å². The molecule has 0 saturated carbocycles. The number of halogens is 2. The molecule has 7 nitrogen and oxygen atoms in total. The van der Waals surface area contributed by atoms with Gasteiger partial charge in [0.15, 0.2) is 0 Å². The zero-order chi connectivity index (χ0) is 20.9. The lowest BCUT2D eigenvalue weighted by Crippen LogP contribution is -2.48. The molecule has 1 aromatic carbocycles. The van der Waals surface area contributed by atoms with Crippen LogP contribution in [0, 0.1) is 11.3 Å². The molecule has 1 fully saturated rings. The zero-order valence-corrected chi connectivity index (χ0v) is 17.5. The first-order chi connectivity index (χ1) is 13.1. The summed E-state index contributed by atoms with van der Waals surface area (Å²) in [5, 5.41) is 12.4. The Kier molecular flexibility index (Phi) is 7.17. The van der Waals surface area contributed by atoms with Crippen LogP contribution in [0.15, 0.2) is 30.0 Å². The van der Waals surface area contributed by atoms with Gasteiger partial charge in [-0.2, -0.15) is 5.26 Å². The Hall–Kier alpha value is -2.43. The third-order valence-corrected chi connectivity index (χ3v) is 4.66. The van der Waals surface area contributed by atoms with Crippen LogP contribution in [0.25, 0.3) is 0 Å². The molecule has 0 bridgehead atoms. The summed E-state index contributed by atoms with van der Waals surface area (Å²) < 4.78 is 5.35. The van der Waals surface area contributed by atoms with Gasteiger partial charge in [-0.25, -0.2) is 4.79 Å². The molecule has 0 atom stereocenters. The second-order valence-corrected chi connectivity index (χ2v) is 8.00. The minimum Gasteiger partial charge on any atom is -0.444 e. The van der Waals surface area contributed by atoms with Crippen LogP contribution in [0.3, 0.4) is 0 Å². The van der Waals surface area contributed by atoms with Crippen molar-refractivity contribution < 1.29 is 14.3 Å². The summed E-state index contributed by atoms with van der Waals surface area (Å²) in [6, 6.07) is 6.74. The fourth-order valence-electron chi connectivity index (χ4n) is 2.47. The van der Waals surface area contributed by atoms with Gasteiger partial charge in [0.25, 0.3) is 5.91 Å². The van der Waals surface area contributed by atoms with Gasteiger partial charge in [0, 0.05) is 32.4 Å². The maximum atomic E-state index is 12.4. The second-order valence-electron chi connectivity index (χ2n) is 7.21. The van der Waals surface area contributed by atoms with Gasteiger partial charge in [-0.3, -0.25) is 4.79 Å². The lowest BCUT2D eigenvalue weighted by molar-refractivity contribution is -0.112. The Labute approximate surface area is 174 Å². The molecule has 0 aliphatic carbocycles. The van der Waals surface area contributed by atoms with E-state index in [0.717, 1.165) is 0 Å². The Morgan fingerprint density at radius 1 is 1.21 bits per heavy atom. The molecule has 1 N–H and O–H groups in total. The molecule has 0 aromatic heterocycles. The summed E-state index contributed by atoms with van der Waals surface area (Å²) in [6.07, 6.45) is 1.12. The van der Waals surface area contributed by atoms with E-state index < -0.39 is 11.5 Å². The number of hydrogen-bond donors (Lipinski definition) is 1. The largest absolute Gasteiger partial charge is 0.444 e. The summed E-state index contributed by atoms with van der Waals surface area (Å²) >= 11 is 12.0. The van der Waals surface area contributed by atoms with Crippen molar-refractivity contribution in [3.63, 3.8) is 0 Å². The van der Waals surface area contributed by atoms with Crippen LogP contribution in [0.4, 0.5) is 10.5 Å². The zero-order valence-electron chi connectivity index (χ0n) is 16.0. The molecule has 9 heteroatoms. The van der Waals surface area contributed by atoms with E-state index in [4.69, 9.17) is 27.9 Å². The monoisotopic (exact) mass is 424 g/mol. The van der Waals surface area contributed by atoms with E-state index in [0.29, 0.717) is 36.9 Å². The predicted molar refractivity (Wildman–Crippen MR) is 108 cm³/mol. The van der Waals surface area contributed by atoms with Crippen molar-refractivity contribution in [2.75, 3.05) is 31.5 Å². The van der Waals surface area contributed by atoms with Crippen LogP contribution in [0.5, 0.6) is 0 Å². The highest BCUT2D eigenvalue weighted by Crippen LogP contribution is 2.29. The molecule has 1 heterocycles. The minimum atomic E-state index is -0.582. The number of nitriles is 1. The number of rotatable bonds is 3. The van der Waals surface area contributed by atoms with Gasteiger partial charge in [0.05, 0.1) is 15.7 Å². The van der Waals surface area contributed by atoms with Crippen molar-refractivity contribution in [2.45, 2.75) is 26.4 Å². The number of anilines is 1. The number of nitrogens with zero attached hydrogens (tertiary/aromatic N) is 3. The molecule has 0 spiro atoms. The fraction of sp³-hybridized carbons (Fsp3) is 0.421. The first kappa shape index (κ1) is 21.9. The standard InChI is InChI=1S/C19H22Cl2N4O3/c1-19(2,3)28-18(27)25-9-7-24(8-10-25)12-13(11-22)17(26)23-15-6-4-5-14(20)16(15)21/h4-6,12H,7-10H2,1-3H3,(H,23,26)/b13-12-. The van der Waals surface area contributed by atoms with E-state index >= 15 is 0 Å². The molecule has 1 aliphatic heterocycles. The number of hydrogen-bond acceptors (Lipinski definition) is 5. The number of piperazine rings is 1. The summed E-state index contributed by atoms with van der Waals surface area (Å²) in [5.41, 5.74) is -0.293. The first-order valence-corrected chi connectivity index (χ1v) is 9.45. The van der Waals surface area contributed by atoms with Crippen molar-refractivity contribution in [1.29, 1.82) is 5.26 Å².